The maximum absolute atomic E-state index is 12.1. The Balaban J connectivity index is 1.77. The van der Waals surface area contributed by atoms with Gasteiger partial charge in [0.15, 0.2) is 0 Å². The molecule has 1 aliphatic heterocycles. The molecule has 9 heteroatoms. The number of hydrogen-bond acceptors (Lipinski definition) is 8. The first kappa shape index (κ1) is 25.6. The predicted molar refractivity (Wildman–Crippen MR) is 141 cm³/mol. The van der Waals surface area contributed by atoms with Crippen molar-refractivity contribution in [2.75, 3.05) is 38.5 Å². The first-order chi connectivity index (χ1) is 17.8. The average molecular weight is 497 g/mol. The maximum Gasteiger partial charge on any atom is 0.293 e. The fourth-order valence-corrected chi connectivity index (χ4v) is 4.40. The van der Waals surface area contributed by atoms with Crippen LogP contribution < -0.4 is 10.1 Å². The molecule has 0 radical (unpaired) electrons. The Bertz CT molecular complexity index is 1370. The molecule has 0 atom stereocenters. The number of aryl methyl sites for hydroxylation is 2. The zero-order chi connectivity index (χ0) is 26.5. The second kappa shape index (κ2) is 11.1. The highest BCUT2D eigenvalue weighted by Crippen LogP contribution is 2.39. The molecule has 0 aromatic heterocycles. The van der Waals surface area contributed by atoms with Crippen molar-refractivity contribution in [2.24, 2.45) is 0 Å². The van der Waals surface area contributed by atoms with Crippen LogP contribution in [0.3, 0.4) is 0 Å². The zero-order valence-electron chi connectivity index (χ0n) is 21.1. The zero-order valence-corrected chi connectivity index (χ0v) is 21.1. The lowest BCUT2D eigenvalue weighted by Gasteiger charge is -2.32. The fourth-order valence-electron chi connectivity index (χ4n) is 4.40. The van der Waals surface area contributed by atoms with Gasteiger partial charge in [-0.25, -0.2) is 0 Å². The van der Waals surface area contributed by atoms with E-state index < -0.39 is 4.92 Å². The number of piperazine rings is 1. The van der Waals surface area contributed by atoms with Crippen molar-refractivity contribution in [2.45, 2.75) is 20.4 Å². The molecule has 0 spiro atoms. The van der Waals surface area contributed by atoms with E-state index in [1.807, 2.05) is 13.8 Å². The SMILES string of the molecule is Cc1cc(C#N)cc(C)c1Oc1cc(Nc2ccc(C#N)cc2)c([N+](=O)[O-])cc1CN1CCN(C)CC1. The van der Waals surface area contributed by atoms with Crippen molar-refractivity contribution < 1.29 is 9.66 Å². The molecule has 4 rings (SSSR count). The van der Waals surface area contributed by atoms with Gasteiger partial charge in [-0.1, -0.05) is 0 Å². The Labute approximate surface area is 216 Å². The van der Waals surface area contributed by atoms with E-state index in [4.69, 9.17) is 10.00 Å². The quantitative estimate of drug-likeness (QED) is 0.349. The van der Waals surface area contributed by atoms with Gasteiger partial charge in [0.05, 0.1) is 28.2 Å². The summed E-state index contributed by atoms with van der Waals surface area (Å²) in [6.45, 7) is 7.81. The number of ether oxygens (including phenoxy) is 1. The van der Waals surface area contributed by atoms with Gasteiger partial charge in [0.25, 0.3) is 5.69 Å². The third-order valence-corrected chi connectivity index (χ3v) is 6.46. The molecule has 37 heavy (non-hydrogen) atoms. The van der Waals surface area contributed by atoms with Crippen molar-refractivity contribution in [3.8, 4) is 23.6 Å². The third-order valence-electron chi connectivity index (χ3n) is 6.46. The average Bonchev–Trinajstić information content (AvgIpc) is 2.88. The van der Waals surface area contributed by atoms with Crippen LogP contribution in [0, 0.1) is 46.6 Å². The number of nitrogens with one attached hydrogen (secondary N) is 1. The topological polar surface area (TPSA) is 118 Å². The summed E-state index contributed by atoms with van der Waals surface area (Å²) in [6, 6.07) is 17.7. The second-order valence-corrected chi connectivity index (χ2v) is 9.28. The Morgan fingerprint density at radius 1 is 0.973 bits per heavy atom. The summed E-state index contributed by atoms with van der Waals surface area (Å²) >= 11 is 0. The van der Waals surface area contributed by atoms with Crippen LogP contribution in [0.4, 0.5) is 17.1 Å². The number of rotatable bonds is 7. The molecular weight excluding hydrogens is 468 g/mol. The van der Waals surface area contributed by atoms with Crippen LogP contribution in [0.15, 0.2) is 48.5 Å². The molecule has 3 aromatic rings. The largest absolute Gasteiger partial charge is 0.456 e. The molecule has 9 nitrogen and oxygen atoms in total. The van der Waals surface area contributed by atoms with E-state index in [0.29, 0.717) is 40.4 Å². The molecule has 1 aliphatic rings. The van der Waals surface area contributed by atoms with E-state index in [0.717, 1.165) is 37.3 Å². The Kier molecular flexibility index (Phi) is 7.69. The molecule has 3 aromatic carbocycles. The second-order valence-electron chi connectivity index (χ2n) is 9.28. The minimum Gasteiger partial charge on any atom is -0.456 e. The Morgan fingerprint density at radius 2 is 1.59 bits per heavy atom. The summed E-state index contributed by atoms with van der Waals surface area (Å²) in [5.41, 5.74) is 4.22. The molecule has 0 amide bonds. The molecular formula is C28H28N6O3. The predicted octanol–water partition coefficient (Wildman–Crippen LogP) is 5.24. The highest BCUT2D eigenvalue weighted by Gasteiger charge is 2.23. The first-order valence-corrected chi connectivity index (χ1v) is 12.0. The molecule has 0 unspecified atom stereocenters. The summed E-state index contributed by atoms with van der Waals surface area (Å²) in [5, 5.41) is 33.6. The summed E-state index contributed by atoms with van der Waals surface area (Å²) in [4.78, 5) is 16.2. The fraction of sp³-hybridized carbons (Fsp3) is 0.286. The highest BCUT2D eigenvalue weighted by atomic mass is 16.6. The number of likely N-dealkylation sites (N-methyl/N-ethyl adjacent to an activating group) is 1. The van der Waals surface area contributed by atoms with Crippen LogP contribution in [0.2, 0.25) is 0 Å². The smallest absolute Gasteiger partial charge is 0.293 e. The molecule has 0 bridgehead atoms. The Morgan fingerprint density at radius 3 is 2.16 bits per heavy atom. The van der Waals surface area contributed by atoms with E-state index in [1.165, 1.54) is 0 Å². The minimum atomic E-state index is -0.401. The summed E-state index contributed by atoms with van der Waals surface area (Å²) in [7, 11) is 2.08. The summed E-state index contributed by atoms with van der Waals surface area (Å²) in [5.74, 6) is 1.13. The lowest BCUT2D eigenvalue weighted by Crippen LogP contribution is -2.43. The van der Waals surface area contributed by atoms with Gasteiger partial charge in [-0.3, -0.25) is 15.0 Å². The highest BCUT2D eigenvalue weighted by molar-refractivity contribution is 5.73. The van der Waals surface area contributed by atoms with Gasteiger partial charge in [-0.2, -0.15) is 10.5 Å². The van der Waals surface area contributed by atoms with E-state index in [9.17, 15) is 15.4 Å². The third kappa shape index (κ3) is 6.04. The normalized spacial score (nSPS) is 14.0. The Hall–Kier alpha value is -4.44. The number of nitriles is 2. The molecule has 1 fully saturated rings. The number of hydrogen-bond donors (Lipinski definition) is 1. The van der Waals surface area contributed by atoms with Crippen LogP contribution in [0.5, 0.6) is 11.5 Å². The molecule has 0 saturated carbocycles. The van der Waals surface area contributed by atoms with Gasteiger partial charge in [0, 0.05) is 56.1 Å². The molecule has 188 valence electrons. The van der Waals surface area contributed by atoms with E-state index in [-0.39, 0.29) is 11.4 Å². The van der Waals surface area contributed by atoms with E-state index in [1.54, 1.807) is 48.5 Å². The van der Waals surface area contributed by atoms with Gasteiger partial charge in [0.2, 0.25) is 0 Å². The van der Waals surface area contributed by atoms with Gasteiger partial charge >= 0.3 is 0 Å². The van der Waals surface area contributed by atoms with Crippen LogP contribution in [-0.4, -0.2) is 47.9 Å². The number of nitrogens with zero attached hydrogens (tertiary/aromatic N) is 5. The van der Waals surface area contributed by atoms with Crippen molar-refractivity contribution in [3.63, 3.8) is 0 Å². The summed E-state index contributed by atoms with van der Waals surface area (Å²) < 4.78 is 6.43. The number of nitro benzene ring substituents is 1. The van der Waals surface area contributed by atoms with Gasteiger partial charge in [-0.05, 0) is 68.4 Å². The lowest BCUT2D eigenvalue weighted by atomic mass is 10.1. The molecule has 1 N–H and O–H groups in total. The van der Waals surface area contributed by atoms with E-state index in [2.05, 4.69) is 34.3 Å². The van der Waals surface area contributed by atoms with E-state index >= 15 is 0 Å². The van der Waals surface area contributed by atoms with Gasteiger partial charge in [0.1, 0.15) is 17.2 Å². The standard InChI is InChI=1S/C28H28N6O3/c1-19-12-22(17-30)13-20(2)28(19)37-27-15-25(31-24-6-4-21(16-29)5-7-24)26(34(35)36)14-23(27)18-33-10-8-32(3)9-11-33/h4-7,12-15,31H,8-11,18H2,1-3H3. The molecule has 0 aliphatic carbocycles. The summed E-state index contributed by atoms with van der Waals surface area (Å²) in [6.07, 6.45) is 0. The van der Waals surface area contributed by atoms with Crippen molar-refractivity contribution in [1.82, 2.24) is 9.80 Å². The molecule has 1 heterocycles. The van der Waals surface area contributed by atoms with Crippen LogP contribution in [-0.2, 0) is 6.54 Å². The lowest BCUT2D eigenvalue weighted by molar-refractivity contribution is -0.384. The van der Waals surface area contributed by atoms with Crippen LogP contribution in [0.1, 0.15) is 27.8 Å². The van der Waals surface area contributed by atoms with Crippen molar-refractivity contribution >= 4 is 17.1 Å². The minimum absolute atomic E-state index is 0.0610. The first-order valence-electron chi connectivity index (χ1n) is 12.0. The van der Waals surface area contributed by atoms with Crippen molar-refractivity contribution in [3.05, 3.63) is 86.5 Å². The monoisotopic (exact) mass is 496 g/mol. The number of benzene rings is 3. The van der Waals surface area contributed by atoms with Crippen LogP contribution >= 0.6 is 0 Å². The maximum atomic E-state index is 12.1. The molecule has 1 saturated heterocycles. The van der Waals surface area contributed by atoms with Gasteiger partial charge in [-0.15, -0.1) is 0 Å². The van der Waals surface area contributed by atoms with Gasteiger partial charge < -0.3 is 15.0 Å². The van der Waals surface area contributed by atoms with Crippen LogP contribution in [0.25, 0.3) is 0 Å². The number of anilines is 2. The number of nitro groups is 1. The van der Waals surface area contributed by atoms with Crippen molar-refractivity contribution in [1.29, 1.82) is 10.5 Å².